The Kier molecular flexibility index (Phi) is 7.71. The van der Waals surface area contributed by atoms with Crippen molar-refractivity contribution in [3.8, 4) is 0 Å². The van der Waals surface area contributed by atoms with E-state index >= 15 is 0 Å². The first-order valence-corrected chi connectivity index (χ1v) is 4.21. The van der Waals surface area contributed by atoms with E-state index in [-0.39, 0.29) is 23.7 Å². The van der Waals surface area contributed by atoms with Crippen LogP contribution in [-0.2, 0) is 17.1 Å². The topological polar surface area (TPSA) is 20.2 Å². The summed E-state index contributed by atoms with van der Waals surface area (Å²) >= 11 is 0. The van der Waals surface area contributed by atoms with Crippen molar-refractivity contribution in [2.45, 2.75) is 6.42 Å². The molecule has 0 radical (unpaired) electrons. The second kappa shape index (κ2) is 8.06. The summed E-state index contributed by atoms with van der Waals surface area (Å²) in [6.45, 7) is 0.243. The van der Waals surface area contributed by atoms with Gasteiger partial charge in [-0.3, -0.25) is 0 Å². The largest absolute Gasteiger partial charge is 0.395 e. The predicted molar refractivity (Wildman–Crippen MR) is 51.8 cm³/mol. The molecule has 0 aromatic heterocycles. The van der Waals surface area contributed by atoms with Crippen molar-refractivity contribution in [2.24, 2.45) is 5.92 Å². The maximum atomic E-state index is 8.46. The Morgan fingerprint density at radius 2 is 1.54 bits per heavy atom. The van der Waals surface area contributed by atoms with Crippen molar-refractivity contribution in [1.82, 2.24) is 0 Å². The number of allylic oxidation sites excluding steroid dienone is 6. The molecule has 0 aromatic rings. The van der Waals surface area contributed by atoms with Crippen LogP contribution in [0.3, 0.4) is 0 Å². The molecule has 0 amide bonds. The minimum absolute atomic E-state index is 0. The zero-order chi connectivity index (χ0) is 8.65. The average Bonchev–Trinajstić information content (AvgIpc) is 2.81. The first-order valence-electron chi connectivity index (χ1n) is 4.21. The molecule has 0 heterocycles. The van der Waals surface area contributed by atoms with Crippen LogP contribution in [0, 0.1) is 5.92 Å². The molecule has 0 saturated heterocycles. The van der Waals surface area contributed by atoms with Crippen LogP contribution in [0.15, 0.2) is 48.6 Å². The van der Waals surface area contributed by atoms with E-state index in [9.17, 15) is 0 Å². The smallest absolute Gasteiger partial charge is 0.0528 e. The second-order valence-electron chi connectivity index (χ2n) is 2.71. The van der Waals surface area contributed by atoms with E-state index in [1.165, 1.54) is 0 Å². The molecular weight excluding hydrogens is 204 g/mol. The maximum Gasteiger partial charge on any atom is 0.0528 e. The van der Waals surface area contributed by atoms with Crippen LogP contribution in [0.1, 0.15) is 6.42 Å². The molecule has 0 aromatic carbocycles. The van der Waals surface area contributed by atoms with E-state index in [0.717, 1.165) is 6.42 Å². The Hall–Kier alpha value is -0.561. The molecule has 13 heavy (non-hydrogen) atoms. The van der Waals surface area contributed by atoms with Crippen LogP contribution in [-0.4, -0.2) is 11.7 Å². The normalized spacial score (nSPS) is 17.0. The third-order valence-corrected chi connectivity index (χ3v) is 1.69. The molecule has 2 aliphatic carbocycles. The van der Waals surface area contributed by atoms with Gasteiger partial charge in [-0.1, -0.05) is 48.6 Å². The van der Waals surface area contributed by atoms with Crippen molar-refractivity contribution in [3.63, 3.8) is 0 Å². The SMILES string of the molecule is C1=CCC=C1.OCC1C=CC=C1.[Fe]. The van der Waals surface area contributed by atoms with Gasteiger partial charge in [-0.2, -0.15) is 0 Å². The quantitative estimate of drug-likeness (QED) is 0.669. The maximum absolute atomic E-state index is 8.46. The van der Waals surface area contributed by atoms with Gasteiger partial charge in [0.05, 0.1) is 6.61 Å². The molecule has 1 nitrogen and oxygen atoms in total. The monoisotopic (exact) mass is 218 g/mol. The van der Waals surface area contributed by atoms with Gasteiger partial charge in [-0.25, -0.2) is 0 Å². The average molecular weight is 218 g/mol. The number of rotatable bonds is 1. The summed E-state index contributed by atoms with van der Waals surface area (Å²) < 4.78 is 0. The van der Waals surface area contributed by atoms with Gasteiger partial charge < -0.3 is 5.11 Å². The summed E-state index contributed by atoms with van der Waals surface area (Å²) in [6, 6.07) is 0. The molecule has 0 saturated carbocycles. The van der Waals surface area contributed by atoms with Crippen LogP contribution >= 0.6 is 0 Å². The Labute approximate surface area is 90.0 Å². The van der Waals surface area contributed by atoms with Gasteiger partial charge in [0.25, 0.3) is 0 Å². The molecule has 0 aliphatic heterocycles. The van der Waals surface area contributed by atoms with Gasteiger partial charge in [0, 0.05) is 23.0 Å². The summed E-state index contributed by atoms with van der Waals surface area (Å²) in [4.78, 5) is 0. The minimum atomic E-state index is 0. The Bertz CT molecular complexity index is 204. The van der Waals surface area contributed by atoms with Crippen molar-refractivity contribution in [1.29, 1.82) is 0 Å². The summed E-state index contributed by atoms with van der Waals surface area (Å²) in [6.07, 6.45) is 17.3. The molecule has 1 N–H and O–H groups in total. The van der Waals surface area contributed by atoms with Gasteiger partial charge in [-0.15, -0.1) is 0 Å². The van der Waals surface area contributed by atoms with Gasteiger partial charge in [-0.05, 0) is 6.42 Å². The summed E-state index contributed by atoms with van der Waals surface area (Å²) in [5.74, 6) is 0.292. The Morgan fingerprint density at radius 3 is 1.77 bits per heavy atom. The van der Waals surface area contributed by atoms with Crippen LogP contribution in [0.5, 0.6) is 0 Å². The Balaban J connectivity index is 0.000000215. The molecule has 2 aliphatic rings. The zero-order valence-corrected chi connectivity index (χ0v) is 8.52. The van der Waals surface area contributed by atoms with Crippen LogP contribution in [0.25, 0.3) is 0 Å². The zero-order valence-electron chi connectivity index (χ0n) is 7.41. The standard InChI is InChI=1S/C6H8O.C5H6.Fe/c7-5-6-3-1-2-4-6;1-2-4-5-3-1;/h1-4,6-7H,5H2;1-4H,5H2;. The molecule has 0 spiro atoms. The number of aliphatic hydroxyl groups excluding tert-OH is 1. The van der Waals surface area contributed by atoms with Gasteiger partial charge in [0.2, 0.25) is 0 Å². The molecule has 0 atom stereocenters. The van der Waals surface area contributed by atoms with E-state index in [1.54, 1.807) is 0 Å². The van der Waals surface area contributed by atoms with E-state index in [0.29, 0.717) is 5.92 Å². The first kappa shape index (κ1) is 12.4. The van der Waals surface area contributed by atoms with Gasteiger partial charge in [0.15, 0.2) is 0 Å². The predicted octanol–water partition coefficient (Wildman–Crippen LogP) is 2.22. The number of aliphatic hydroxyl groups is 1. The minimum Gasteiger partial charge on any atom is -0.395 e. The van der Waals surface area contributed by atoms with Crippen LogP contribution < -0.4 is 0 Å². The molecule has 72 valence electrons. The van der Waals surface area contributed by atoms with E-state index in [1.807, 2.05) is 24.3 Å². The van der Waals surface area contributed by atoms with E-state index in [2.05, 4.69) is 24.3 Å². The molecule has 0 unspecified atom stereocenters. The molecule has 0 fully saturated rings. The molecule has 0 bridgehead atoms. The van der Waals surface area contributed by atoms with Crippen molar-refractivity contribution < 1.29 is 22.2 Å². The fraction of sp³-hybridized carbons (Fsp3) is 0.273. The fourth-order valence-electron chi connectivity index (χ4n) is 0.992. The van der Waals surface area contributed by atoms with E-state index < -0.39 is 0 Å². The van der Waals surface area contributed by atoms with Crippen LogP contribution in [0.4, 0.5) is 0 Å². The second-order valence-corrected chi connectivity index (χ2v) is 2.71. The van der Waals surface area contributed by atoms with Crippen LogP contribution in [0.2, 0.25) is 0 Å². The van der Waals surface area contributed by atoms with Gasteiger partial charge in [0.1, 0.15) is 0 Å². The summed E-state index contributed by atoms with van der Waals surface area (Å²) in [5, 5.41) is 8.46. The van der Waals surface area contributed by atoms with Crippen molar-refractivity contribution in [3.05, 3.63) is 48.6 Å². The summed E-state index contributed by atoms with van der Waals surface area (Å²) in [7, 11) is 0. The molecular formula is C11H14FeO. The van der Waals surface area contributed by atoms with Crippen molar-refractivity contribution >= 4 is 0 Å². The first-order chi connectivity index (χ1) is 5.93. The number of hydrogen-bond acceptors (Lipinski definition) is 1. The summed E-state index contributed by atoms with van der Waals surface area (Å²) in [5.41, 5.74) is 0. The molecule has 2 heteroatoms. The Morgan fingerprint density at radius 1 is 1.00 bits per heavy atom. The molecule has 2 rings (SSSR count). The third-order valence-electron chi connectivity index (χ3n) is 1.69. The van der Waals surface area contributed by atoms with Gasteiger partial charge >= 0.3 is 0 Å². The van der Waals surface area contributed by atoms with E-state index in [4.69, 9.17) is 5.11 Å². The third kappa shape index (κ3) is 5.64. The van der Waals surface area contributed by atoms with Crippen molar-refractivity contribution in [2.75, 3.05) is 6.61 Å². The number of hydrogen-bond donors (Lipinski definition) is 1. The fourth-order valence-corrected chi connectivity index (χ4v) is 0.992.